The lowest BCUT2D eigenvalue weighted by Crippen LogP contribution is -2.52. The molecule has 1 aromatic carbocycles. The Morgan fingerprint density at radius 2 is 2.24 bits per heavy atom. The number of nitrogens with zero attached hydrogens (tertiary/aromatic N) is 2. The van der Waals surface area contributed by atoms with Crippen LogP contribution in [0.4, 0.5) is 10.5 Å². The number of hydrogen-bond donors (Lipinski definition) is 2. The average molecular weight is 308 g/mol. The Bertz CT molecular complexity index is 641. The van der Waals surface area contributed by atoms with E-state index < -0.39 is 17.5 Å². The molecule has 1 aromatic rings. The number of carboxylic acids is 1. The fourth-order valence-corrected chi connectivity index (χ4v) is 2.58. The molecule has 1 unspecified atom stereocenters. The smallest absolute Gasteiger partial charge is 0.329 e. The lowest BCUT2D eigenvalue weighted by atomic mass is 10.00. The molecule has 1 aliphatic heterocycles. The summed E-state index contributed by atoms with van der Waals surface area (Å²) < 4.78 is 0. The van der Waals surface area contributed by atoms with Gasteiger partial charge in [-0.05, 0) is 38.0 Å². The topological polar surface area (TPSA) is 93.4 Å². The van der Waals surface area contributed by atoms with Gasteiger partial charge in [-0.2, -0.15) is 5.26 Å². The predicted octanol–water partition coefficient (Wildman–Crippen LogP) is 2.68. The maximum atomic E-state index is 12.3. The standard InChI is InChI=1S/C14H14ClN3O3/c1-14(12(19)20)5-2-6-18(14)13(21)17-11-7-10(15)4-3-9(11)8-16/h3-4,7H,2,5-6H2,1H3,(H,17,21)(H,19,20). The van der Waals surface area contributed by atoms with Gasteiger partial charge in [0.15, 0.2) is 0 Å². The molecular weight excluding hydrogens is 294 g/mol. The van der Waals surface area contributed by atoms with Crippen molar-refractivity contribution < 1.29 is 14.7 Å². The third-order valence-corrected chi connectivity index (χ3v) is 3.93. The van der Waals surface area contributed by atoms with Crippen LogP contribution in [0.1, 0.15) is 25.3 Å². The van der Waals surface area contributed by atoms with Gasteiger partial charge in [-0.3, -0.25) is 0 Å². The molecule has 1 aliphatic rings. The lowest BCUT2D eigenvalue weighted by Gasteiger charge is -2.31. The molecule has 1 fully saturated rings. The molecule has 1 heterocycles. The van der Waals surface area contributed by atoms with Crippen molar-refractivity contribution in [3.63, 3.8) is 0 Å². The summed E-state index contributed by atoms with van der Waals surface area (Å²) in [4.78, 5) is 25.0. The van der Waals surface area contributed by atoms with Crippen molar-refractivity contribution in [3.8, 4) is 6.07 Å². The van der Waals surface area contributed by atoms with Crippen LogP contribution in [-0.4, -0.2) is 34.1 Å². The highest BCUT2D eigenvalue weighted by molar-refractivity contribution is 6.31. The van der Waals surface area contributed by atoms with E-state index in [2.05, 4.69) is 5.32 Å². The second-order valence-electron chi connectivity index (χ2n) is 5.07. The summed E-state index contributed by atoms with van der Waals surface area (Å²) in [5.74, 6) is -1.04. The first-order valence-corrected chi connectivity index (χ1v) is 6.78. The molecule has 0 aromatic heterocycles. The zero-order chi connectivity index (χ0) is 15.6. The van der Waals surface area contributed by atoms with E-state index in [-0.39, 0.29) is 11.3 Å². The highest BCUT2D eigenvalue weighted by atomic mass is 35.5. The van der Waals surface area contributed by atoms with Gasteiger partial charge in [0.05, 0.1) is 11.3 Å². The van der Waals surface area contributed by atoms with Gasteiger partial charge in [0.1, 0.15) is 11.6 Å². The highest BCUT2D eigenvalue weighted by Gasteiger charge is 2.46. The van der Waals surface area contributed by atoms with Crippen molar-refractivity contribution in [1.29, 1.82) is 5.26 Å². The van der Waals surface area contributed by atoms with Gasteiger partial charge in [0, 0.05) is 11.6 Å². The molecule has 0 radical (unpaired) electrons. The number of likely N-dealkylation sites (tertiary alicyclic amines) is 1. The zero-order valence-corrected chi connectivity index (χ0v) is 12.1. The Morgan fingerprint density at radius 3 is 2.86 bits per heavy atom. The molecule has 2 N–H and O–H groups in total. The number of carbonyl (C=O) groups is 2. The van der Waals surface area contributed by atoms with E-state index in [1.54, 1.807) is 6.07 Å². The molecule has 1 saturated heterocycles. The SMILES string of the molecule is CC1(C(=O)O)CCCN1C(=O)Nc1cc(Cl)ccc1C#N. The van der Waals surface area contributed by atoms with Crippen LogP contribution >= 0.6 is 11.6 Å². The fraction of sp³-hybridized carbons (Fsp3) is 0.357. The molecule has 1 atom stereocenters. The predicted molar refractivity (Wildman–Crippen MR) is 77.2 cm³/mol. The van der Waals surface area contributed by atoms with Crippen LogP contribution in [0.2, 0.25) is 5.02 Å². The molecule has 21 heavy (non-hydrogen) atoms. The molecule has 0 aliphatic carbocycles. The summed E-state index contributed by atoms with van der Waals surface area (Å²) in [6.45, 7) is 1.88. The maximum absolute atomic E-state index is 12.3. The zero-order valence-electron chi connectivity index (χ0n) is 11.4. The van der Waals surface area contributed by atoms with Gasteiger partial charge in [-0.15, -0.1) is 0 Å². The first-order valence-electron chi connectivity index (χ1n) is 6.40. The molecule has 7 heteroatoms. The molecule has 0 spiro atoms. The second-order valence-corrected chi connectivity index (χ2v) is 5.50. The normalized spacial score (nSPS) is 20.9. The third-order valence-electron chi connectivity index (χ3n) is 3.69. The Balaban J connectivity index is 2.25. The van der Waals surface area contributed by atoms with E-state index in [0.717, 1.165) is 0 Å². The van der Waals surface area contributed by atoms with Gasteiger partial charge < -0.3 is 15.3 Å². The minimum atomic E-state index is -1.23. The van der Waals surface area contributed by atoms with Crippen molar-refractivity contribution in [2.45, 2.75) is 25.3 Å². The van der Waals surface area contributed by atoms with E-state index in [9.17, 15) is 14.7 Å². The Morgan fingerprint density at radius 1 is 1.52 bits per heavy atom. The Hall–Kier alpha value is -2.26. The Kier molecular flexibility index (Phi) is 4.05. The number of nitriles is 1. The van der Waals surface area contributed by atoms with Gasteiger partial charge in [-0.25, -0.2) is 9.59 Å². The summed E-state index contributed by atoms with van der Waals surface area (Å²) in [7, 11) is 0. The third kappa shape index (κ3) is 2.78. The lowest BCUT2D eigenvalue weighted by molar-refractivity contribution is -0.146. The van der Waals surface area contributed by atoms with Crippen molar-refractivity contribution in [1.82, 2.24) is 4.90 Å². The molecule has 6 nitrogen and oxygen atoms in total. The van der Waals surface area contributed by atoms with Crippen molar-refractivity contribution in [2.24, 2.45) is 0 Å². The fourth-order valence-electron chi connectivity index (χ4n) is 2.41. The van der Waals surface area contributed by atoms with E-state index in [1.165, 1.54) is 24.0 Å². The maximum Gasteiger partial charge on any atom is 0.329 e. The number of hydrogen-bond acceptors (Lipinski definition) is 3. The highest BCUT2D eigenvalue weighted by Crippen LogP contribution is 2.30. The number of anilines is 1. The molecule has 2 amide bonds. The minimum Gasteiger partial charge on any atom is -0.480 e. The van der Waals surface area contributed by atoms with Crippen LogP contribution in [0.3, 0.4) is 0 Å². The summed E-state index contributed by atoms with van der Waals surface area (Å²) in [6, 6.07) is 5.92. The molecule has 110 valence electrons. The van der Waals surface area contributed by atoms with Crippen molar-refractivity contribution in [2.75, 3.05) is 11.9 Å². The molecule has 2 rings (SSSR count). The number of carbonyl (C=O) groups excluding carboxylic acids is 1. The number of amides is 2. The number of benzene rings is 1. The number of urea groups is 1. The molecule has 0 saturated carbocycles. The van der Waals surface area contributed by atoms with Gasteiger partial charge in [0.25, 0.3) is 0 Å². The van der Waals surface area contributed by atoms with E-state index >= 15 is 0 Å². The Labute approximate surface area is 126 Å². The minimum absolute atomic E-state index is 0.268. The van der Waals surface area contributed by atoms with Gasteiger partial charge >= 0.3 is 12.0 Å². The summed E-state index contributed by atoms with van der Waals surface area (Å²) in [6.07, 6.45) is 1.02. The van der Waals surface area contributed by atoms with Gasteiger partial charge in [-0.1, -0.05) is 11.6 Å². The van der Waals surface area contributed by atoms with Crippen LogP contribution in [0.15, 0.2) is 18.2 Å². The van der Waals surface area contributed by atoms with Crippen LogP contribution in [0.25, 0.3) is 0 Å². The number of nitrogens with one attached hydrogen (secondary N) is 1. The largest absolute Gasteiger partial charge is 0.480 e. The number of aliphatic carboxylic acids is 1. The van der Waals surface area contributed by atoms with Gasteiger partial charge in [0.2, 0.25) is 0 Å². The van der Waals surface area contributed by atoms with E-state index in [0.29, 0.717) is 24.4 Å². The van der Waals surface area contributed by atoms with E-state index in [1.807, 2.05) is 6.07 Å². The molecule has 0 bridgehead atoms. The monoisotopic (exact) mass is 307 g/mol. The summed E-state index contributed by atoms with van der Waals surface area (Å²) >= 11 is 5.85. The second kappa shape index (κ2) is 5.62. The molecular formula is C14H14ClN3O3. The van der Waals surface area contributed by atoms with Crippen LogP contribution < -0.4 is 5.32 Å². The van der Waals surface area contributed by atoms with Crippen LogP contribution in [-0.2, 0) is 4.79 Å². The summed E-state index contributed by atoms with van der Waals surface area (Å²) in [5.41, 5.74) is -0.686. The van der Waals surface area contributed by atoms with Crippen molar-refractivity contribution >= 4 is 29.3 Å². The average Bonchev–Trinajstić information content (AvgIpc) is 2.82. The van der Waals surface area contributed by atoms with Crippen LogP contribution in [0.5, 0.6) is 0 Å². The number of carboxylic acid groups (broad SMARTS) is 1. The first-order chi connectivity index (χ1) is 9.88. The number of halogens is 1. The first kappa shape index (κ1) is 15.1. The number of rotatable bonds is 2. The summed E-state index contributed by atoms with van der Waals surface area (Å²) in [5, 5.41) is 21.3. The van der Waals surface area contributed by atoms with E-state index in [4.69, 9.17) is 16.9 Å². The quantitative estimate of drug-likeness (QED) is 0.878. The van der Waals surface area contributed by atoms with Crippen LogP contribution in [0, 0.1) is 11.3 Å². The van der Waals surface area contributed by atoms with Crippen molar-refractivity contribution in [3.05, 3.63) is 28.8 Å².